The van der Waals surface area contributed by atoms with Crippen molar-refractivity contribution in [3.63, 3.8) is 0 Å². The molecule has 1 aliphatic heterocycles. The predicted octanol–water partition coefficient (Wildman–Crippen LogP) is 1.88. The summed E-state index contributed by atoms with van der Waals surface area (Å²) in [7, 11) is 2.22. The zero-order chi connectivity index (χ0) is 11.4. The molecule has 1 fully saturated rings. The molecule has 1 aromatic rings. The van der Waals surface area contributed by atoms with Crippen LogP contribution >= 0.6 is 11.3 Å². The molecule has 3 nitrogen and oxygen atoms in total. The molecule has 0 aliphatic carbocycles. The van der Waals surface area contributed by atoms with Crippen LogP contribution in [0, 0.1) is 12.8 Å². The van der Waals surface area contributed by atoms with Crippen LogP contribution in [0.1, 0.15) is 23.5 Å². The van der Waals surface area contributed by atoms with E-state index in [1.807, 2.05) is 0 Å². The highest BCUT2D eigenvalue weighted by Crippen LogP contribution is 2.14. The summed E-state index contributed by atoms with van der Waals surface area (Å²) < 4.78 is 0. The zero-order valence-electron chi connectivity index (χ0n) is 10.2. The first-order valence-corrected chi connectivity index (χ1v) is 6.92. The molecule has 1 N–H and O–H groups in total. The van der Waals surface area contributed by atoms with Gasteiger partial charge in [0.1, 0.15) is 0 Å². The molecule has 16 heavy (non-hydrogen) atoms. The molecule has 0 amide bonds. The Balaban J connectivity index is 1.67. The van der Waals surface area contributed by atoms with E-state index in [4.69, 9.17) is 0 Å². The van der Waals surface area contributed by atoms with Gasteiger partial charge in [0.25, 0.3) is 0 Å². The minimum absolute atomic E-state index is 0.818. The first kappa shape index (κ1) is 12.0. The Morgan fingerprint density at radius 1 is 1.62 bits per heavy atom. The highest BCUT2D eigenvalue weighted by atomic mass is 32.1. The van der Waals surface area contributed by atoms with Gasteiger partial charge in [-0.05, 0) is 45.8 Å². The maximum atomic E-state index is 4.45. The maximum Gasteiger partial charge on any atom is 0.0897 e. The Labute approximate surface area is 102 Å². The lowest BCUT2D eigenvalue weighted by atomic mass is 9.98. The average molecular weight is 239 g/mol. The topological polar surface area (TPSA) is 28.2 Å². The van der Waals surface area contributed by atoms with Crippen molar-refractivity contribution < 1.29 is 0 Å². The average Bonchev–Trinajstić information content (AvgIpc) is 2.64. The normalized spacial score (nSPS) is 22.5. The van der Waals surface area contributed by atoms with E-state index in [-0.39, 0.29) is 0 Å². The summed E-state index contributed by atoms with van der Waals surface area (Å²) in [5, 5.41) is 6.83. The quantitative estimate of drug-likeness (QED) is 0.869. The van der Waals surface area contributed by atoms with Crippen LogP contribution in [0.4, 0.5) is 0 Å². The van der Waals surface area contributed by atoms with E-state index < -0.39 is 0 Å². The fraction of sp³-hybridized carbons (Fsp3) is 0.750. The lowest BCUT2D eigenvalue weighted by molar-refractivity contribution is 0.206. The summed E-state index contributed by atoms with van der Waals surface area (Å²) >= 11 is 1.73. The molecule has 0 aromatic carbocycles. The smallest absolute Gasteiger partial charge is 0.0897 e. The molecule has 1 unspecified atom stereocenters. The van der Waals surface area contributed by atoms with Crippen LogP contribution in [0.15, 0.2) is 5.38 Å². The number of thiazole rings is 1. The standard InChI is InChI=1S/C12H21N3S/c1-10-14-12(9-16-10)7-13-6-11-4-3-5-15(2)8-11/h9,11,13H,3-8H2,1-2H3. The summed E-state index contributed by atoms with van der Waals surface area (Å²) in [5.74, 6) is 0.818. The summed E-state index contributed by atoms with van der Waals surface area (Å²) in [4.78, 5) is 6.89. The molecule has 1 aliphatic rings. The van der Waals surface area contributed by atoms with Crippen molar-refractivity contribution >= 4 is 11.3 Å². The van der Waals surface area contributed by atoms with E-state index in [0.29, 0.717) is 0 Å². The summed E-state index contributed by atoms with van der Waals surface area (Å²) in [6.07, 6.45) is 2.71. The Morgan fingerprint density at radius 2 is 2.50 bits per heavy atom. The van der Waals surface area contributed by atoms with Crippen molar-refractivity contribution in [2.75, 3.05) is 26.7 Å². The van der Waals surface area contributed by atoms with E-state index in [1.165, 1.54) is 31.6 Å². The van der Waals surface area contributed by atoms with Crippen LogP contribution in [-0.2, 0) is 6.54 Å². The number of piperidine rings is 1. The van der Waals surface area contributed by atoms with Gasteiger partial charge in [0.15, 0.2) is 0 Å². The number of nitrogens with one attached hydrogen (secondary N) is 1. The van der Waals surface area contributed by atoms with Gasteiger partial charge in [-0.15, -0.1) is 11.3 Å². The van der Waals surface area contributed by atoms with Crippen molar-refractivity contribution in [1.82, 2.24) is 15.2 Å². The van der Waals surface area contributed by atoms with Crippen LogP contribution < -0.4 is 5.32 Å². The molecule has 0 saturated carbocycles. The fourth-order valence-corrected chi connectivity index (χ4v) is 2.95. The van der Waals surface area contributed by atoms with E-state index in [0.717, 1.165) is 24.0 Å². The molecular formula is C12H21N3S. The molecule has 90 valence electrons. The predicted molar refractivity (Wildman–Crippen MR) is 68.8 cm³/mol. The van der Waals surface area contributed by atoms with Crippen molar-refractivity contribution in [1.29, 1.82) is 0 Å². The van der Waals surface area contributed by atoms with Crippen LogP contribution in [0.3, 0.4) is 0 Å². The Kier molecular flexibility index (Phi) is 4.32. The van der Waals surface area contributed by atoms with E-state index in [2.05, 4.69) is 34.6 Å². The lowest BCUT2D eigenvalue weighted by Gasteiger charge is -2.29. The second kappa shape index (κ2) is 5.75. The van der Waals surface area contributed by atoms with Crippen LogP contribution in [-0.4, -0.2) is 36.6 Å². The van der Waals surface area contributed by atoms with E-state index >= 15 is 0 Å². The van der Waals surface area contributed by atoms with E-state index in [9.17, 15) is 0 Å². The van der Waals surface area contributed by atoms with E-state index in [1.54, 1.807) is 11.3 Å². The van der Waals surface area contributed by atoms with Crippen LogP contribution in [0.2, 0.25) is 0 Å². The van der Waals surface area contributed by atoms with Crippen LogP contribution in [0.5, 0.6) is 0 Å². The minimum Gasteiger partial charge on any atom is -0.311 e. The number of aromatic nitrogens is 1. The highest BCUT2D eigenvalue weighted by Gasteiger charge is 2.16. The second-order valence-corrected chi connectivity index (χ2v) is 5.82. The molecule has 1 atom stereocenters. The highest BCUT2D eigenvalue weighted by molar-refractivity contribution is 7.09. The molecular weight excluding hydrogens is 218 g/mol. The third-order valence-electron chi connectivity index (χ3n) is 3.13. The fourth-order valence-electron chi connectivity index (χ4n) is 2.33. The first-order chi connectivity index (χ1) is 7.74. The third-order valence-corrected chi connectivity index (χ3v) is 3.95. The second-order valence-electron chi connectivity index (χ2n) is 4.76. The first-order valence-electron chi connectivity index (χ1n) is 6.04. The zero-order valence-corrected chi connectivity index (χ0v) is 11.0. The van der Waals surface area contributed by atoms with Crippen molar-refractivity contribution in [2.24, 2.45) is 5.92 Å². The van der Waals surface area contributed by atoms with Crippen molar-refractivity contribution in [2.45, 2.75) is 26.3 Å². The Hall–Kier alpha value is -0.450. The van der Waals surface area contributed by atoms with Gasteiger partial charge in [0.05, 0.1) is 10.7 Å². The monoisotopic (exact) mass is 239 g/mol. The molecule has 1 saturated heterocycles. The van der Waals surface area contributed by atoms with Crippen molar-refractivity contribution in [3.8, 4) is 0 Å². The summed E-state index contributed by atoms with van der Waals surface area (Å²) in [5.41, 5.74) is 1.19. The number of aryl methyl sites for hydroxylation is 1. The van der Waals surface area contributed by atoms with Gasteiger partial charge in [-0.2, -0.15) is 0 Å². The van der Waals surface area contributed by atoms with Gasteiger partial charge in [-0.1, -0.05) is 0 Å². The minimum atomic E-state index is 0.818. The number of hydrogen-bond donors (Lipinski definition) is 1. The van der Waals surface area contributed by atoms with Gasteiger partial charge >= 0.3 is 0 Å². The largest absolute Gasteiger partial charge is 0.311 e. The summed E-state index contributed by atoms with van der Waals surface area (Å²) in [6, 6.07) is 0. The molecule has 2 rings (SSSR count). The molecule has 1 aromatic heterocycles. The van der Waals surface area contributed by atoms with Gasteiger partial charge in [0, 0.05) is 18.5 Å². The van der Waals surface area contributed by atoms with Gasteiger partial charge < -0.3 is 10.2 Å². The van der Waals surface area contributed by atoms with Gasteiger partial charge in [-0.25, -0.2) is 4.98 Å². The number of rotatable bonds is 4. The number of nitrogens with zero attached hydrogens (tertiary/aromatic N) is 2. The number of likely N-dealkylation sites (tertiary alicyclic amines) is 1. The lowest BCUT2D eigenvalue weighted by Crippen LogP contribution is -2.37. The molecule has 0 bridgehead atoms. The summed E-state index contributed by atoms with van der Waals surface area (Å²) in [6.45, 7) is 6.61. The molecule has 4 heteroatoms. The molecule has 2 heterocycles. The Bertz CT molecular complexity index is 324. The SMILES string of the molecule is Cc1nc(CNCC2CCCN(C)C2)cs1. The number of hydrogen-bond acceptors (Lipinski definition) is 4. The Morgan fingerprint density at radius 3 is 3.19 bits per heavy atom. The van der Waals surface area contributed by atoms with Gasteiger partial charge in [0.2, 0.25) is 0 Å². The third kappa shape index (κ3) is 3.54. The maximum absolute atomic E-state index is 4.45. The van der Waals surface area contributed by atoms with Crippen molar-refractivity contribution in [3.05, 3.63) is 16.1 Å². The van der Waals surface area contributed by atoms with Gasteiger partial charge in [-0.3, -0.25) is 0 Å². The molecule has 0 radical (unpaired) electrons. The van der Waals surface area contributed by atoms with Crippen LogP contribution in [0.25, 0.3) is 0 Å². The molecule has 0 spiro atoms.